The summed E-state index contributed by atoms with van der Waals surface area (Å²) < 4.78 is 29.2. The average molecular weight is 453 g/mol. The van der Waals surface area contributed by atoms with Crippen LogP contribution in [0.3, 0.4) is 0 Å². The van der Waals surface area contributed by atoms with E-state index in [1.54, 1.807) is 41.8 Å². The van der Waals surface area contributed by atoms with Gasteiger partial charge in [0, 0.05) is 48.8 Å². The second kappa shape index (κ2) is 9.98. The summed E-state index contributed by atoms with van der Waals surface area (Å²) in [5, 5.41) is 6.24. The molecule has 1 aromatic carbocycles. The lowest BCUT2D eigenvalue weighted by Gasteiger charge is -2.15. The summed E-state index contributed by atoms with van der Waals surface area (Å²) in [6.45, 7) is 1.86. The van der Waals surface area contributed by atoms with Gasteiger partial charge in [0.15, 0.2) is 0 Å². The smallest absolute Gasteiger partial charge is 0.387 e. The molecule has 0 aliphatic carbocycles. The molecule has 1 aliphatic heterocycles. The molecule has 0 radical (unpaired) electrons. The van der Waals surface area contributed by atoms with Gasteiger partial charge in [-0.15, -0.1) is 0 Å². The quantitative estimate of drug-likeness (QED) is 0.500. The Balaban J connectivity index is 1.40. The Kier molecular flexibility index (Phi) is 6.67. The fraction of sp³-hybridized carbons (Fsp3) is 0.227. The lowest BCUT2D eigenvalue weighted by atomic mass is 10.2. The highest BCUT2D eigenvalue weighted by Crippen LogP contribution is 2.23. The summed E-state index contributed by atoms with van der Waals surface area (Å²) in [4.78, 5) is 30.8. The third-order valence-corrected chi connectivity index (χ3v) is 4.92. The maximum absolute atomic E-state index is 12.4. The molecular weight excluding hydrogens is 432 g/mol. The number of rotatable bonds is 8. The van der Waals surface area contributed by atoms with Crippen LogP contribution in [-0.2, 0) is 4.79 Å². The molecular formula is C22H21F2N7O2. The number of carbonyl (C=O) groups is 1. The minimum absolute atomic E-state index is 0.0328. The fourth-order valence-electron chi connectivity index (χ4n) is 3.40. The van der Waals surface area contributed by atoms with Crippen LogP contribution in [0.4, 0.5) is 26.2 Å². The largest absolute Gasteiger partial charge is 0.435 e. The lowest BCUT2D eigenvalue weighted by molar-refractivity contribution is -0.125. The van der Waals surface area contributed by atoms with Crippen molar-refractivity contribution >= 4 is 23.4 Å². The normalized spacial score (nSPS) is 15.4. The van der Waals surface area contributed by atoms with Crippen LogP contribution in [0.15, 0.2) is 61.7 Å². The maximum atomic E-state index is 12.4. The summed E-state index contributed by atoms with van der Waals surface area (Å²) in [6, 6.07) is 6.20. The number of anilines is 3. The van der Waals surface area contributed by atoms with E-state index < -0.39 is 6.61 Å². The molecule has 1 aliphatic rings. The van der Waals surface area contributed by atoms with Crippen LogP contribution < -0.4 is 15.4 Å². The van der Waals surface area contributed by atoms with Gasteiger partial charge in [-0.05, 0) is 24.6 Å². The van der Waals surface area contributed by atoms with E-state index >= 15 is 0 Å². The number of hydrogen-bond acceptors (Lipinski definition) is 8. The van der Waals surface area contributed by atoms with E-state index in [9.17, 15) is 13.6 Å². The molecule has 1 fully saturated rings. The Morgan fingerprint density at radius 2 is 2.06 bits per heavy atom. The molecule has 0 spiro atoms. The third kappa shape index (κ3) is 5.76. The van der Waals surface area contributed by atoms with Crippen LogP contribution in [0.25, 0.3) is 11.3 Å². The van der Waals surface area contributed by atoms with E-state index in [-0.39, 0.29) is 23.6 Å². The van der Waals surface area contributed by atoms with E-state index in [0.717, 1.165) is 6.42 Å². The molecule has 1 atom stereocenters. The molecule has 3 heterocycles. The number of benzene rings is 1. The molecule has 33 heavy (non-hydrogen) atoms. The van der Waals surface area contributed by atoms with Gasteiger partial charge < -0.3 is 20.3 Å². The van der Waals surface area contributed by atoms with Crippen LogP contribution in [0.5, 0.6) is 5.75 Å². The van der Waals surface area contributed by atoms with Crippen LogP contribution in [0.2, 0.25) is 0 Å². The first-order valence-electron chi connectivity index (χ1n) is 10.1. The minimum Gasteiger partial charge on any atom is -0.435 e. The number of likely N-dealkylation sites (tertiary alicyclic amines) is 1. The van der Waals surface area contributed by atoms with Gasteiger partial charge in [0.25, 0.3) is 0 Å². The number of nitrogens with one attached hydrogen (secondary N) is 2. The standard InChI is InChI=1S/C22H21F2N7O2/c1-2-20(32)31-7-6-16(13-31)28-19-12-25-11-18(30-19)14-9-26-22(27-10-14)29-15-4-3-5-17(8-15)33-21(23)24/h2-5,8-12,16,21H,1,6-7,13H2,(H,28,30)(H,26,27,29)/t16-/m0/s1. The molecule has 0 bridgehead atoms. The summed E-state index contributed by atoms with van der Waals surface area (Å²) in [7, 11) is 0. The number of carbonyl (C=O) groups excluding carboxylic acids is 1. The zero-order chi connectivity index (χ0) is 23.2. The molecule has 2 N–H and O–H groups in total. The van der Waals surface area contributed by atoms with Crippen molar-refractivity contribution in [1.29, 1.82) is 0 Å². The van der Waals surface area contributed by atoms with E-state index in [1.165, 1.54) is 18.2 Å². The number of aromatic nitrogens is 4. The Morgan fingerprint density at radius 1 is 1.24 bits per heavy atom. The molecule has 1 amide bonds. The van der Waals surface area contributed by atoms with Crippen molar-refractivity contribution in [1.82, 2.24) is 24.8 Å². The average Bonchev–Trinajstić information content (AvgIpc) is 3.27. The molecule has 0 saturated carbocycles. The van der Waals surface area contributed by atoms with Gasteiger partial charge in [-0.2, -0.15) is 8.78 Å². The SMILES string of the molecule is C=CC(=O)N1CC[C@H](Nc2cncc(-c3cnc(Nc4cccc(OC(F)F)c4)nc3)n2)C1. The number of ether oxygens (including phenoxy) is 1. The molecule has 1 saturated heterocycles. The van der Waals surface area contributed by atoms with Crippen LogP contribution >= 0.6 is 0 Å². The van der Waals surface area contributed by atoms with E-state index in [0.29, 0.717) is 35.9 Å². The van der Waals surface area contributed by atoms with Crippen molar-refractivity contribution in [3.05, 3.63) is 61.7 Å². The zero-order valence-electron chi connectivity index (χ0n) is 17.5. The van der Waals surface area contributed by atoms with E-state index in [2.05, 4.69) is 41.9 Å². The number of hydrogen-bond donors (Lipinski definition) is 2. The number of amides is 1. The molecule has 170 valence electrons. The summed E-state index contributed by atoms with van der Waals surface area (Å²) in [6.07, 6.45) is 8.51. The van der Waals surface area contributed by atoms with Gasteiger partial charge in [-0.25, -0.2) is 15.0 Å². The van der Waals surface area contributed by atoms with Gasteiger partial charge in [0.2, 0.25) is 11.9 Å². The number of halogens is 2. The predicted molar refractivity (Wildman–Crippen MR) is 118 cm³/mol. The first-order valence-corrected chi connectivity index (χ1v) is 10.1. The van der Waals surface area contributed by atoms with Crippen LogP contribution in [-0.4, -0.2) is 56.5 Å². The van der Waals surface area contributed by atoms with Crippen molar-refractivity contribution in [2.75, 3.05) is 23.7 Å². The van der Waals surface area contributed by atoms with Gasteiger partial charge >= 0.3 is 6.61 Å². The van der Waals surface area contributed by atoms with Crippen molar-refractivity contribution in [2.45, 2.75) is 19.1 Å². The lowest BCUT2D eigenvalue weighted by Crippen LogP contribution is -2.30. The van der Waals surface area contributed by atoms with Gasteiger partial charge in [0.1, 0.15) is 11.6 Å². The molecule has 0 unspecified atom stereocenters. The monoisotopic (exact) mass is 453 g/mol. The van der Waals surface area contributed by atoms with Crippen LogP contribution in [0, 0.1) is 0 Å². The molecule has 9 nitrogen and oxygen atoms in total. The number of nitrogens with zero attached hydrogens (tertiary/aromatic N) is 5. The second-order valence-corrected chi connectivity index (χ2v) is 7.23. The predicted octanol–water partition coefficient (Wildman–Crippen LogP) is 3.48. The maximum Gasteiger partial charge on any atom is 0.387 e. The highest BCUT2D eigenvalue weighted by molar-refractivity contribution is 5.87. The first kappa shape index (κ1) is 22.1. The second-order valence-electron chi connectivity index (χ2n) is 7.23. The molecule has 3 aromatic rings. The highest BCUT2D eigenvalue weighted by atomic mass is 19.3. The summed E-state index contributed by atoms with van der Waals surface area (Å²) in [5.41, 5.74) is 1.74. The summed E-state index contributed by atoms with van der Waals surface area (Å²) >= 11 is 0. The van der Waals surface area contributed by atoms with Crippen molar-refractivity contribution in [2.24, 2.45) is 0 Å². The third-order valence-electron chi connectivity index (χ3n) is 4.92. The zero-order valence-corrected chi connectivity index (χ0v) is 17.5. The Morgan fingerprint density at radius 3 is 2.82 bits per heavy atom. The van der Waals surface area contributed by atoms with Crippen LogP contribution in [0.1, 0.15) is 6.42 Å². The van der Waals surface area contributed by atoms with Crippen molar-refractivity contribution in [3.8, 4) is 17.0 Å². The molecule has 11 heteroatoms. The highest BCUT2D eigenvalue weighted by Gasteiger charge is 2.25. The fourth-order valence-corrected chi connectivity index (χ4v) is 3.40. The Bertz CT molecular complexity index is 1130. The Labute approximate surface area is 188 Å². The van der Waals surface area contributed by atoms with E-state index in [4.69, 9.17) is 0 Å². The number of alkyl halides is 2. The first-order chi connectivity index (χ1) is 16.0. The minimum atomic E-state index is -2.90. The van der Waals surface area contributed by atoms with Crippen molar-refractivity contribution < 1.29 is 18.3 Å². The van der Waals surface area contributed by atoms with Crippen molar-refractivity contribution in [3.63, 3.8) is 0 Å². The van der Waals surface area contributed by atoms with Gasteiger partial charge in [-0.3, -0.25) is 9.78 Å². The van der Waals surface area contributed by atoms with Gasteiger partial charge in [-0.1, -0.05) is 12.6 Å². The van der Waals surface area contributed by atoms with E-state index in [1.807, 2.05) is 0 Å². The Hall–Kier alpha value is -4.15. The molecule has 4 rings (SSSR count). The molecule has 2 aromatic heterocycles. The topological polar surface area (TPSA) is 105 Å². The van der Waals surface area contributed by atoms with Gasteiger partial charge in [0.05, 0.1) is 18.1 Å². The summed E-state index contributed by atoms with van der Waals surface area (Å²) in [5.74, 6) is 0.820.